The Kier molecular flexibility index (Phi) is 6.51. The van der Waals surface area contributed by atoms with Crippen LogP contribution in [0.1, 0.15) is 0 Å². The maximum atomic E-state index is 8.52. The monoisotopic (exact) mass is 198 g/mol. The molecule has 0 saturated carbocycles. The van der Waals surface area contributed by atoms with Crippen LogP contribution in [0.5, 0.6) is 0 Å². The SMILES string of the molecule is CN=C(N)N(C)N.O=S(=O)([O-])[O-]. The molecule has 0 aliphatic heterocycles. The predicted octanol–water partition coefficient (Wildman–Crippen LogP) is -2.60. The molecule has 74 valence electrons. The Morgan fingerprint density at radius 1 is 1.50 bits per heavy atom. The number of hydrazine groups is 1. The Bertz CT molecular complexity index is 225. The van der Waals surface area contributed by atoms with Crippen molar-refractivity contribution in [3.8, 4) is 0 Å². The van der Waals surface area contributed by atoms with Crippen molar-refractivity contribution in [2.45, 2.75) is 0 Å². The number of hydrogen-bond acceptors (Lipinski definition) is 6. The number of aliphatic imine (C=N–C) groups is 1. The summed E-state index contributed by atoms with van der Waals surface area (Å²) in [7, 11) is -1.96. The fraction of sp³-hybridized carbons (Fsp3) is 0.667. The van der Waals surface area contributed by atoms with Crippen molar-refractivity contribution in [3.05, 3.63) is 0 Å². The van der Waals surface area contributed by atoms with Crippen LogP contribution in [0.25, 0.3) is 0 Å². The summed E-state index contributed by atoms with van der Waals surface area (Å²) < 4.78 is 34.1. The van der Waals surface area contributed by atoms with E-state index in [4.69, 9.17) is 29.1 Å². The Morgan fingerprint density at radius 2 is 1.75 bits per heavy atom. The van der Waals surface area contributed by atoms with Gasteiger partial charge in [0.1, 0.15) is 0 Å². The zero-order chi connectivity index (χ0) is 10.4. The van der Waals surface area contributed by atoms with Gasteiger partial charge in [0.15, 0.2) is 0 Å². The summed E-state index contributed by atoms with van der Waals surface area (Å²) in [5, 5.41) is 1.25. The zero-order valence-corrected chi connectivity index (χ0v) is 7.41. The van der Waals surface area contributed by atoms with E-state index in [1.54, 1.807) is 14.1 Å². The van der Waals surface area contributed by atoms with Crippen LogP contribution in [0, 0.1) is 0 Å². The second kappa shape index (κ2) is 5.71. The summed E-state index contributed by atoms with van der Waals surface area (Å²) in [6.07, 6.45) is 0. The number of nitrogens with two attached hydrogens (primary N) is 2. The molecule has 0 rings (SSSR count). The predicted molar refractivity (Wildman–Crippen MR) is 40.0 cm³/mol. The summed E-state index contributed by atoms with van der Waals surface area (Å²) >= 11 is 0. The van der Waals surface area contributed by atoms with Gasteiger partial charge in [0.25, 0.3) is 0 Å². The van der Waals surface area contributed by atoms with Gasteiger partial charge in [-0.3, -0.25) is 18.4 Å². The molecule has 0 aliphatic carbocycles. The van der Waals surface area contributed by atoms with Crippen LogP contribution in [0.15, 0.2) is 4.99 Å². The van der Waals surface area contributed by atoms with Gasteiger partial charge in [-0.15, -0.1) is 0 Å². The maximum absolute atomic E-state index is 8.52. The highest BCUT2D eigenvalue weighted by Gasteiger charge is 1.86. The van der Waals surface area contributed by atoms with Crippen molar-refractivity contribution in [2.75, 3.05) is 14.1 Å². The lowest BCUT2D eigenvalue weighted by molar-refractivity contribution is 0.352. The molecule has 9 heteroatoms. The number of nitrogens with zero attached hydrogens (tertiary/aromatic N) is 2. The molecule has 0 fully saturated rings. The molecule has 0 bridgehead atoms. The van der Waals surface area contributed by atoms with E-state index in [9.17, 15) is 0 Å². The maximum Gasteiger partial charge on any atom is 0.205 e. The molecule has 0 atom stereocenters. The van der Waals surface area contributed by atoms with Crippen LogP contribution in [-0.4, -0.2) is 42.6 Å². The summed E-state index contributed by atoms with van der Waals surface area (Å²) in [6.45, 7) is 0. The molecule has 0 amide bonds. The van der Waals surface area contributed by atoms with Crippen LogP contribution in [0.3, 0.4) is 0 Å². The molecular weight excluding hydrogens is 188 g/mol. The molecule has 0 aliphatic rings. The van der Waals surface area contributed by atoms with Crippen molar-refractivity contribution in [1.82, 2.24) is 5.01 Å². The minimum absolute atomic E-state index is 0.333. The van der Waals surface area contributed by atoms with E-state index in [2.05, 4.69) is 4.99 Å². The molecule has 0 spiro atoms. The first-order valence-corrected chi connectivity index (χ1v) is 3.89. The van der Waals surface area contributed by atoms with Crippen molar-refractivity contribution < 1.29 is 17.5 Å². The Morgan fingerprint density at radius 3 is 1.75 bits per heavy atom. The molecule has 0 aromatic rings. The molecule has 4 N–H and O–H groups in total. The van der Waals surface area contributed by atoms with Gasteiger partial charge in [0.05, 0.1) is 0 Å². The van der Waals surface area contributed by atoms with E-state index in [-0.39, 0.29) is 0 Å². The Hall–Kier alpha value is -0.900. The topological polar surface area (TPSA) is 148 Å². The highest BCUT2D eigenvalue weighted by Crippen LogP contribution is 1.63. The minimum atomic E-state index is -5.17. The highest BCUT2D eigenvalue weighted by molar-refractivity contribution is 7.79. The second-order valence-corrected chi connectivity index (χ2v) is 2.42. The number of guanidine groups is 1. The third kappa shape index (κ3) is 23.0. The van der Waals surface area contributed by atoms with Gasteiger partial charge >= 0.3 is 0 Å². The molecule has 0 aromatic carbocycles. The quantitative estimate of drug-likeness (QED) is 0.108. The average molecular weight is 198 g/mol. The smallest absolute Gasteiger partial charge is 0.205 e. The molecule has 0 radical (unpaired) electrons. The van der Waals surface area contributed by atoms with Gasteiger partial charge in [-0.05, 0) is 0 Å². The lowest BCUT2D eigenvalue weighted by atomic mass is 10.9. The lowest BCUT2D eigenvalue weighted by Gasteiger charge is -2.07. The fourth-order valence-corrected chi connectivity index (χ4v) is 0.158. The first kappa shape index (κ1) is 13.7. The van der Waals surface area contributed by atoms with Gasteiger partial charge in [-0.1, -0.05) is 0 Å². The van der Waals surface area contributed by atoms with Crippen molar-refractivity contribution in [2.24, 2.45) is 16.6 Å². The van der Waals surface area contributed by atoms with Crippen molar-refractivity contribution in [3.63, 3.8) is 0 Å². The first-order chi connectivity index (χ1) is 5.18. The summed E-state index contributed by atoms with van der Waals surface area (Å²) in [6, 6.07) is 0. The Labute approximate surface area is 70.4 Å². The number of rotatable bonds is 0. The third-order valence-corrected chi connectivity index (χ3v) is 0.590. The van der Waals surface area contributed by atoms with Gasteiger partial charge in [-0.2, -0.15) is 0 Å². The number of hydrogen-bond donors (Lipinski definition) is 2. The molecule has 0 heterocycles. The second-order valence-electron chi connectivity index (χ2n) is 1.60. The van der Waals surface area contributed by atoms with Crippen LogP contribution in [-0.2, 0) is 10.4 Å². The van der Waals surface area contributed by atoms with E-state index in [1.165, 1.54) is 5.01 Å². The van der Waals surface area contributed by atoms with Gasteiger partial charge in [0.2, 0.25) is 5.96 Å². The summed E-state index contributed by atoms with van der Waals surface area (Å²) in [4.78, 5) is 3.58. The standard InChI is InChI=1S/C3H10N4.H2O4S/c1-6-3(4)7(2)5;1-5(2,3)4/h5H2,1-2H3,(H2,4,6);(H2,1,2,3,4)/p-2. The van der Waals surface area contributed by atoms with E-state index < -0.39 is 10.4 Å². The largest absolute Gasteiger partial charge is 0.759 e. The fourth-order valence-electron chi connectivity index (χ4n) is 0.158. The van der Waals surface area contributed by atoms with E-state index >= 15 is 0 Å². The highest BCUT2D eigenvalue weighted by atomic mass is 32.3. The van der Waals surface area contributed by atoms with Crippen LogP contribution in [0.2, 0.25) is 0 Å². The third-order valence-electron chi connectivity index (χ3n) is 0.590. The zero-order valence-electron chi connectivity index (χ0n) is 6.59. The molecular formula is C3H10N4O4S-2. The molecule has 12 heavy (non-hydrogen) atoms. The van der Waals surface area contributed by atoms with Crippen molar-refractivity contribution in [1.29, 1.82) is 0 Å². The van der Waals surface area contributed by atoms with E-state index in [0.29, 0.717) is 5.96 Å². The van der Waals surface area contributed by atoms with E-state index in [1.807, 2.05) is 0 Å². The van der Waals surface area contributed by atoms with Crippen LogP contribution >= 0.6 is 0 Å². The summed E-state index contributed by atoms with van der Waals surface area (Å²) in [5.74, 6) is 5.46. The molecule has 0 aromatic heterocycles. The van der Waals surface area contributed by atoms with Crippen molar-refractivity contribution >= 4 is 16.4 Å². The van der Waals surface area contributed by atoms with E-state index in [0.717, 1.165) is 0 Å². The Balaban J connectivity index is 0. The molecule has 8 nitrogen and oxygen atoms in total. The van der Waals surface area contributed by atoms with Gasteiger partial charge in [-0.25, -0.2) is 5.84 Å². The van der Waals surface area contributed by atoms with Gasteiger partial charge in [0, 0.05) is 24.5 Å². The average Bonchev–Trinajstić information content (AvgIpc) is 1.82. The first-order valence-electron chi connectivity index (χ1n) is 2.56. The summed E-state index contributed by atoms with van der Waals surface area (Å²) in [5.41, 5.74) is 5.17. The minimum Gasteiger partial charge on any atom is -0.759 e. The van der Waals surface area contributed by atoms with Gasteiger partial charge < -0.3 is 14.8 Å². The molecule has 0 unspecified atom stereocenters. The lowest BCUT2D eigenvalue weighted by Crippen LogP contribution is -2.39. The van der Waals surface area contributed by atoms with Crippen LogP contribution < -0.4 is 11.6 Å². The molecule has 0 saturated heterocycles. The van der Waals surface area contributed by atoms with Crippen LogP contribution in [0.4, 0.5) is 0 Å². The normalized spacial score (nSPS) is 11.6.